The summed E-state index contributed by atoms with van der Waals surface area (Å²) in [5, 5.41) is 18.5. The monoisotopic (exact) mass is 476 g/mol. The molecule has 0 saturated heterocycles. The molecule has 0 fully saturated rings. The predicted octanol–water partition coefficient (Wildman–Crippen LogP) is 3.88. The zero-order valence-corrected chi connectivity index (χ0v) is 19.5. The number of nitrogens with zero attached hydrogens (tertiary/aromatic N) is 3. The number of hydrogen-bond donors (Lipinski definition) is 4. The number of aromatic nitrogens is 4. The van der Waals surface area contributed by atoms with E-state index >= 15 is 0 Å². The number of hydrogen-bond acceptors (Lipinski definition) is 6. The van der Waals surface area contributed by atoms with Crippen LogP contribution in [0.5, 0.6) is 5.75 Å². The number of carbonyl (C=O) groups is 2. The van der Waals surface area contributed by atoms with Crippen LogP contribution in [-0.2, 0) is 16.1 Å². The molecule has 0 atom stereocenters. The van der Waals surface area contributed by atoms with Gasteiger partial charge in [-0.15, -0.1) is 0 Å². The van der Waals surface area contributed by atoms with Gasteiger partial charge in [0, 0.05) is 30.0 Å². The van der Waals surface area contributed by atoms with Gasteiger partial charge >= 0.3 is 0 Å². The highest BCUT2D eigenvalue weighted by molar-refractivity contribution is 5.90. The molecule has 4 aromatic rings. The molecule has 2 heterocycles. The summed E-state index contributed by atoms with van der Waals surface area (Å²) >= 11 is 0. The van der Waals surface area contributed by atoms with Crippen molar-refractivity contribution in [2.45, 2.75) is 38.6 Å². The fourth-order valence-electron chi connectivity index (χ4n) is 3.91. The van der Waals surface area contributed by atoms with Crippen molar-refractivity contribution in [3.8, 4) is 17.0 Å². The van der Waals surface area contributed by atoms with Crippen LogP contribution in [-0.4, -0.2) is 43.9 Å². The zero-order chi connectivity index (χ0) is 24.6. The molecule has 0 aliphatic carbocycles. The smallest absolute Gasteiger partial charge is 0.243 e. The van der Waals surface area contributed by atoms with E-state index in [1.165, 1.54) is 0 Å². The van der Waals surface area contributed by atoms with Crippen molar-refractivity contribution in [2.75, 3.05) is 12.4 Å². The lowest BCUT2D eigenvalue weighted by molar-refractivity contribution is -0.129. The van der Waals surface area contributed by atoms with E-state index < -0.39 is 5.91 Å². The molecule has 2 amide bonds. The number of nitrogens with one attached hydrogen (secondary N) is 3. The lowest BCUT2D eigenvalue weighted by atomic mass is 10.1. The quantitative estimate of drug-likeness (QED) is 0.147. The first-order chi connectivity index (χ1) is 17.1. The van der Waals surface area contributed by atoms with E-state index in [1.807, 2.05) is 48.8 Å². The van der Waals surface area contributed by atoms with Gasteiger partial charge in [-0.2, -0.15) is 5.10 Å². The van der Waals surface area contributed by atoms with Gasteiger partial charge in [0.2, 0.25) is 11.8 Å². The Morgan fingerprint density at radius 2 is 1.86 bits per heavy atom. The number of hydroxylamine groups is 1. The number of aromatic amines is 1. The minimum Gasteiger partial charge on any atom is -0.496 e. The number of ether oxygens (including phenoxy) is 1. The van der Waals surface area contributed by atoms with Crippen molar-refractivity contribution in [1.29, 1.82) is 0 Å². The lowest BCUT2D eigenvalue weighted by Gasteiger charge is -2.10. The van der Waals surface area contributed by atoms with Crippen LogP contribution in [0, 0.1) is 0 Å². The van der Waals surface area contributed by atoms with Gasteiger partial charge in [0.1, 0.15) is 5.75 Å². The molecule has 0 aliphatic heterocycles. The van der Waals surface area contributed by atoms with Gasteiger partial charge in [0.15, 0.2) is 5.82 Å². The van der Waals surface area contributed by atoms with E-state index in [-0.39, 0.29) is 12.3 Å². The first kappa shape index (κ1) is 24.0. The molecule has 10 nitrogen and oxygen atoms in total. The maximum absolute atomic E-state index is 12.2. The minimum atomic E-state index is -0.417. The van der Waals surface area contributed by atoms with E-state index in [9.17, 15) is 9.59 Å². The fraction of sp³-hybridized carbons (Fsp3) is 0.280. The standard InChI is InChI=1S/C25H28N6O4/c1-35-22-8-6-5-7-18(22)15-31-16-26-19-12-11-17(13-21(19)31)20-14-23(29-28-20)27-24(32)9-3-2-4-10-25(33)30-34/h5-8,11-14,16,34H,2-4,9-10,15H2,1H3,(H,30,33)(H2,27,28,29,32). The molecule has 0 bridgehead atoms. The number of rotatable bonds is 11. The van der Waals surface area contributed by atoms with E-state index in [1.54, 1.807) is 18.7 Å². The van der Waals surface area contributed by atoms with Crippen molar-refractivity contribution < 1.29 is 19.5 Å². The Bertz CT molecular complexity index is 1310. The van der Waals surface area contributed by atoms with Crippen molar-refractivity contribution in [3.63, 3.8) is 0 Å². The number of imidazole rings is 1. The average Bonchev–Trinajstić information content (AvgIpc) is 3.50. The summed E-state index contributed by atoms with van der Waals surface area (Å²) in [5.41, 5.74) is 6.22. The van der Waals surface area contributed by atoms with Gasteiger partial charge in [-0.25, -0.2) is 10.5 Å². The minimum absolute atomic E-state index is 0.139. The largest absolute Gasteiger partial charge is 0.496 e. The Morgan fingerprint density at radius 3 is 2.66 bits per heavy atom. The molecule has 35 heavy (non-hydrogen) atoms. The van der Waals surface area contributed by atoms with Crippen LogP contribution < -0.4 is 15.5 Å². The summed E-state index contributed by atoms with van der Waals surface area (Å²) < 4.78 is 7.55. The molecule has 4 rings (SSSR count). The molecule has 182 valence electrons. The van der Waals surface area contributed by atoms with Crippen molar-refractivity contribution >= 4 is 28.7 Å². The summed E-state index contributed by atoms with van der Waals surface area (Å²) in [4.78, 5) is 27.7. The Morgan fingerprint density at radius 1 is 1.06 bits per heavy atom. The number of benzene rings is 2. The summed E-state index contributed by atoms with van der Waals surface area (Å²) in [6.45, 7) is 0.624. The molecule has 4 N–H and O–H groups in total. The average molecular weight is 477 g/mol. The fourth-order valence-corrected chi connectivity index (χ4v) is 3.91. The van der Waals surface area contributed by atoms with Crippen LogP contribution in [0.25, 0.3) is 22.3 Å². The van der Waals surface area contributed by atoms with Crippen molar-refractivity contribution in [2.24, 2.45) is 0 Å². The van der Waals surface area contributed by atoms with Gasteiger partial charge in [-0.3, -0.25) is 19.9 Å². The van der Waals surface area contributed by atoms with E-state index in [0.29, 0.717) is 31.6 Å². The van der Waals surface area contributed by atoms with E-state index in [2.05, 4.69) is 25.1 Å². The number of methoxy groups -OCH3 is 1. The molecule has 0 saturated carbocycles. The molecule has 0 spiro atoms. The second-order valence-corrected chi connectivity index (χ2v) is 8.20. The van der Waals surface area contributed by atoms with E-state index in [4.69, 9.17) is 9.94 Å². The predicted molar refractivity (Wildman–Crippen MR) is 131 cm³/mol. The Labute approximate surface area is 202 Å². The Kier molecular flexibility index (Phi) is 7.74. The van der Waals surface area contributed by atoms with Gasteiger partial charge in [-0.1, -0.05) is 30.7 Å². The SMILES string of the molecule is COc1ccccc1Cn1cnc2ccc(-c3cc(NC(=O)CCCCCC(=O)NO)n[nH]3)cc21. The molecular formula is C25H28N6O4. The number of fused-ring (bicyclic) bond motifs is 1. The highest BCUT2D eigenvalue weighted by atomic mass is 16.5. The topological polar surface area (TPSA) is 134 Å². The zero-order valence-electron chi connectivity index (χ0n) is 19.5. The second-order valence-electron chi connectivity index (χ2n) is 8.20. The molecule has 2 aromatic carbocycles. The third kappa shape index (κ3) is 6.04. The van der Waals surface area contributed by atoms with E-state index in [0.717, 1.165) is 40.0 Å². The molecule has 2 aromatic heterocycles. The molecule has 10 heteroatoms. The highest BCUT2D eigenvalue weighted by Gasteiger charge is 2.11. The summed E-state index contributed by atoms with van der Waals surface area (Å²) in [6.07, 6.45) is 4.36. The number of unbranched alkanes of at least 4 members (excludes halogenated alkanes) is 2. The van der Waals surface area contributed by atoms with Gasteiger partial charge < -0.3 is 14.6 Å². The Hall–Kier alpha value is -4.18. The molecule has 0 radical (unpaired) electrons. The maximum atomic E-state index is 12.2. The third-order valence-corrected chi connectivity index (χ3v) is 5.74. The number of anilines is 1. The second kappa shape index (κ2) is 11.3. The Balaban J connectivity index is 1.39. The van der Waals surface area contributed by atoms with Crippen LogP contribution in [0.4, 0.5) is 5.82 Å². The number of carbonyl (C=O) groups excluding carboxylic acids is 2. The first-order valence-corrected chi connectivity index (χ1v) is 11.4. The summed E-state index contributed by atoms with van der Waals surface area (Å²) in [7, 11) is 1.66. The van der Waals surface area contributed by atoms with Crippen molar-refractivity contribution in [3.05, 3.63) is 60.4 Å². The third-order valence-electron chi connectivity index (χ3n) is 5.74. The summed E-state index contributed by atoms with van der Waals surface area (Å²) in [6, 6.07) is 15.7. The summed E-state index contributed by atoms with van der Waals surface area (Å²) in [5.74, 6) is 0.724. The molecular weight excluding hydrogens is 448 g/mol. The van der Waals surface area contributed by atoms with Crippen LogP contribution in [0.3, 0.4) is 0 Å². The maximum Gasteiger partial charge on any atom is 0.243 e. The number of amides is 2. The van der Waals surface area contributed by atoms with Gasteiger partial charge in [0.05, 0.1) is 36.7 Å². The molecule has 0 aliphatic rings. The van der Waals surface area contributed by atoms with Gasteiger partial charge in [0.25, 0.3) is 0 Å². The van der Waals surface area contributed by atoms with Gasteiger partial charge in [-0.05, 0) is 31.0 Å². The van der Waals surface area contributed by atoms with Crippen molar-refractivity contribution in [1.82, 2.24) is 25.2 Å². The number of H-pyrrole nitrogens is 1. The van der Waals surface area contributed by atoms with Crippen LogP contribution in [0.1, 0.15) is 37.7 Å². The normalized spacial score (nSPS) is 10.9. The lowest BCUT2D eigenvalue weighted by Crippen LogP contribution is -2.17. The van der Waals surface area contributed by atoms with Crippen LogP contribution >= 0.6 is 0 Å². The van der Waals surface area contributed by atoms with Crippen LogP contribution in [0.2, 0.25) is 0 Å². The number of para-hydroxylation sites is 1. The molecule has 0 unspecified atom stereocenters. The highest BCUT2D eigenvalue weighted by Crippen LogP contribution is 2.26. The van der Waals surface area contributed by atoms with Crippen LogP contribution in [0.15, 0.2) is 54.9 Å². The first-order valence-electron chi connectivity index (χ1n) is 11.4.